The number of carbonyl (C=O) groups is 1. The van der Waals surface area contributed by atoms with Crippen LogP contribution in [0.4, 0.5) is 23.0 Å². The van der Waals surface area contributed by atoms with Crippen molar-refractivity contribution in [2.75, 3.05) is 119 Å². The summed E-state index contributed by atoms with van der Waals surface area (Å²) in [6.45, 7) is 23.7. The lowest BCUT2D eigenvalue weighted by atomic mass is 9.99. The number of benzene rings is 3. The van der Waals surface area contributed by atoms with Crippen LogP contribution in [0.3, 0.4) is 0 Å². The van der Waals surface area contributed by atoms with E-state index in [9.17, 15) is 9.90 Å². The van der Waals surface area contributed by atoms with Crippen LogP contribution in [0.2, 0.25) is 0 Å². The number of aromatic nitrogens is 4. The van der Waals surface area contributed by atoms with E-state index in [2.05, 4.69) is 125 Å². The predicted octanol–water partition coefficient (Wildman–Crippen LogP) is 7.25. The maximum Gasteiger partial charge on any atom is 0.318 e. The first-order valence-corrected chi connectivity index (χ1v) is 28.7. The Morgan fingerprint density at radius 1 is 0.782 bits per heavy atom. The quantitative estimate of drug-likeness (QED) is 0.0954. The lowest BCUT2D eigenvalue weighted by Gasteiger charge is -2.38. The molecule has 78 heavy (non-hydrogen) atoms. The summed E-state index contributed by atoms with van der Waals surface area (Å²) in [4.78, 5) is 49.4. The number of likely N-dealkylation sites (N-methyl/N-ethyl adjacent to an activating group) is 2. The van der Waals surface area contributed by atoms with Crippen LogP contribution < -0.4 is 39.1 Å². The number of phenols is 1. The highest BCUT2D eigenvalue weighted by molar-refractivity contribution is 5.96. The molecule has 3 aromatic carbocycles. The third-order valence-electron chi connectivity index (χ3n) is 17.4. The second kappa shape index (κ2) is 23.3. The molecule has 414 valence electrons. The molecule has 2 N–H and O–H groups in total. The molecule has 4 fully saturated rings. The number of aromatic hydroxyl groups is 1. The molecule has 4 saturated heterocycles. The molecular formula is C61H80N12O5. The number of rotatable bonds is 16. The van der Waals surface area contributed by atoms with Crippen molar-refractivity contribution >= 4 is 45.8 Å². The van der Waals surface area contributed by atoms with Gasteiger partial charge in [0.05, 0.1) is 31.1 Å². The number of likely N-dealkylation sites (tertiary alicyclic amines) is 2. The molecule has 17 nitrogen and oxygen atoms in total. The van der Waals surface area contributed by atoms with Crippen LogP contribution in [0.25, 0.3) is 16.8 Å². The number of fused-ring (bicyclic) bond motifs is 3. The topological polar surface area (TPSA) is 151 Å². The molecule has 0 bridgehead atoms. The smallest absolute Gasteiger partial charge is 0.318 e. The summed E-state index contributed by atoms with van der Waals surface area (Å²) in [6, 6.07) is 18.1. The molecule has 6 aliphatic heterocycles. The minimum atomic E-state index is -0.137. The Bertz CT molecular complexity index is 3010. The molecule has 0 aliphatic carbocycles. The Morgan fingerprint density at radius 2 is 1.44 bits per heavy atom. The summed E-state index contributed by atoms with van der Waals surface area (Å²) in [5.41, 5.74) is 8.63. The third kappa shape index (κ3) is 11.3. The lowest BCUT2D eigenvalue weighted by molar-refractivity contribution is -0.126. The zero-order chi connectivity index (χ0) is 54.0. The fourth-order valence-electron chi connectivity index (χ4n) is 13.2. The van der Waals surface area contributed by atoms with Gasteiger partial charge >= 0.3 is 12.0 Å². The van der Waals surface area contributed by atoms with E-state index in [1.807, 2.05) is 24.0 Å². The van der Waals surface area contributed by atoms with Gasteiger partial charge in [-0.2, -0.15) is 19.9 Å². The summed E-state index contributed by atoms with van der Waals surface area (Å²) >= 11 is 0. The van der Waals surface area contributed by atoms with Gasteiger partial charge in [-0.05, 0) is 122 Å². The minimum absolute atomic E-state index is 0.0318. The number of aryl methyl sites for hydroxylation is 1. The van der Waals surface area contributed by atoms with Crippen molar-refractivity contribution in [1.82, 2.24) is 40.0 Å². The van der Waals surface area contributed by atoms with Gasteiger partial charge in [-0.1, -0.05) is 43.0 Å². The van der Waals surface area contributed by atoms with Crippen molar-refractivity contribution in [2.24, 2.45) is 5.92 Å². The van der Waals surface area contributed by atoms with Gasteiger partial charge in [0, 0.05) is 130 Å². The van der Waals surface area contributed by atoms with Crippen LogP contribution in [0.15, 0.2) is 67.3 Å². The van der Waals surface area contributed by atoms with E-state index in [1.165, 1.54) is 17.0 Å². The van der Waals surface area contributed by atoms with Gasteiger partial charge in [0.1, 0.15) is 35.3 Å². The van der Waals surface area contributed by atoms with Crippen LogP contribution in [-0.4, -0.2) is 169 Å². The first kappa shape index (κ1) is 53.3. The fourth-order valence-corrected chi connectivity index (χ4v) is 13.2. The molecule has 5 atom stereocenters. The Balaban J connectivity index is 0.771. The number of nitrogens with one attached hydrogen (secondary N) is 1. The summed E-state index contributed by atoms with van der Waals surface area (Å²) in [5, 5.41) is 16.5. The maximum atomic E-state index is 12.5. The largest absolute Gasteiger partial charge is 0.508 e. The molecule has 8 heterocycles. The number of carbonyl (C=O) groups excluding carboxylic acids is 1. The predicted molar refractivity (Wildman–Crippen MR) is 310 cm³/mol. The number of hydrogen-bond donors (Lipinski definition) is 2. The molecule has 0 radical (unpaired) electrons. The highest BCUT2D eigenvalue weighted by Crippen LogP contribution is 2.40. The average molecular weight is 1060 g/mol. The summed E-state index contributed by atoms with van der Waals surface area (Å²) in [7, 11) is 4.38. The maximum absolute atomic E-state index is 12.5. The Labute approximate surface area is 460 Å². The third-order valence-corrected chi connectivity index (χ3v) is 17.4. The highest BCUT2D eigenvalue weighted by Gasteiger charge is 2.37. The van der Waals surface area contributed by atoms with Crippen molar-refractivity contribution in [1.29, 1.82) is 0 Å². The van der Waals surface area contributed by atoms with Gasteiger partial charge in [-0.25, -0.2) is 0 Å². The molecule has 17 heteroatoms. The number of phenolic OH excluding ortho intramolecular Hbond substituents is 1. The monoisotopic (exact) mass is 1060 g/mol. The van der Waals surface area contributed by atoms with Gasteiger partial charge in [-0.3, -0.25) is 14.6 Å². The SMILES string of the molecule is C=CC(=O)N1CCN(c2nc(O[C@H](C)[C@H]3CCCN3C)nc3c2CCN(c2cc(OCCC4C[C@H]([C@@H](C)Oc5nc6c(c(N7CCNCC7)n5)CCN(c5cc(O)cc(C)c5/C=C\C)C6)N(C)C4)cc4ccccc24)C3)CC1. The van der Waals surface area contributed by atoms with Crippen LogP contribution >= 0.6 is 0 Å². The zero-order valence-electron chi connectivity index (χ0n) is 46.8. The Kier molecular flexibility index (Phi) is 16.0. The molecule has 6 aliphatic rings. The second-order valence-electron chi connectivity index (χ2n) is 22.5. The van der Waals surface area contributed by atoms with Gasteiger partial charge in [0.15, 0.2) is 0 Å². The average Bonchev–Trinajstić information content (AvgIpc) is 4.12. The van der Waals surface area contributed by atoms with E-state index in [1.54, 1.807) is 0 Å². The first-order valence-electron chi connectivity index (χ1n) is 28.7. The number of piperazine rings is 2. The summed E-state index contributed by atoms with van der Waals surface area (Å²) in [5.74, 6) is 3.45. The summed E-state index contributed by atoms with van der Waals surface area (Å²) in [6.07, 6.45) is 11.1. The molecule has 1 amide bonds. The Hall–Kier alpha value is -6.69. The normalized spacial score (nSPS) is 22.0. The molecule has 11 rings (SSSR count). The van der Waals surface area contributed by atoms with Gasteiger partial charge < -0.3 is 49.1 Å². The van der Waals surface area contributed by atoms with Crippen LogP contribution in [0.5, 0.6) is 23.5 Å². The minimum Gasteiger partial charge on any atom is -0.508 e. The van der Waals surface area contributed by atoms with Crippen molar-refractivity contribution in [3.63, 3.8) is 0 Å². The van der Waals surface area contributed by atoms with Gasteiger partial charge in [0.25, 0.3) is 0 Å². The molecule has 5 aromatic rings. The van der Waals surface area contributed by atoms with Crippen molar-refractivity contribution in [3.05, 3.63) is 101 Å². The fraction of sp³-hybridized carbons (Fsp3) is 0.525. The van der Waals surface area contributed by atoms with Crippen molar-refractivity contribution < 1.29 is 24.1 Å². The van der Waals surface area contributed by atoms with E-state index >= 15 is 0 Å². The zero-order valence-corrected chi connectivity index (χ0v) is 46.8. The number of nitrogens with zero attached hydrogens (tertiary/aromatic N) is 11. The molecule has 0 saturated carbocycles. The lowest BCUT2D eigenvalue weighted by Crippen LogP contribution is -2.49. The number of anilines is 4. The molecule has 2 aromatic heterocycles. The number of allylic oxidation sites excluding steroid dienone is 1. The number of hydrogen-bond acceptors (Lipinski definition) is 16. The Morgan fingerprint density at radius 3 is 2.09 bits per heavy atom. The van der Waals surface area contributed by atoms with Gasteiger partial charge in [0.2, 0.25) is 5.91 Å². The second-order valence-corrected chi connectivity index (χ2v) is 22.5. The highest BCUT2D eigenvalue weighted by atomic mass is 16.5. The number of ether oxygens (including phenoxy) is 3. The standard InChI is InChI=1S/C61H80N12O5/c1-8-13-47-40(3)32-45(74)35-55(47)72-23-17-49-51(38-72)64-61(65-58(49)70-25-20-62-21-26-70)78-42(5)54-33-43(37-68(54)7)19-31-76-46-34-44-14-10-11-15-48(44)56(36-46)73-24-18-50-52(39-73)63-60(77-41(4)53-16-12-22-67(53)6)66-59(50)71-29-27-69(28-30-71)57(75)9-2/h8-11,13-15,32,34-36,41-43,53-54,62,74H,2,12,16-31,33,37-39H2,1,3-7H3/b13-8-/t41-,42-,43?,53-,54-/m1/s1. The van der Waals surface area contributed by atoms with Crippen LogP contribution in [-0.2, 0) is 30.7 Å². The molecule has 1 unspecified atom stereocenters. The van der Waals surface area contributed by atoms with Crippen molar-refractivity contribution in [3.8, 4) is 23.5 Å². The van der Waals surface area contributed by atoms with Gasteiger partial charge in [-0.15, -0.1) is 0 Å². The molecule has 0 spiro atoms. The van der Waals surface area contributed by atoms with Crippen molar-refractivity contribution in [2.45, 2.75) is 104 Å². The van der Waals surface area contributed by atoms with E-state index in [-0.39, 0.29) is 29.9 Å². The van der Waals surface area contributed by atoms with Crippen LogP contribution in [0, 0.1) is 12.8 Å². The van der Waals surface area contributed by atoms with E-state index in [4.69, 9.17) is 34.1 Å². The van der Waals surface area contributed by atoms with E-state index in [0.29, 0.717) is 69.9 Å². The summed E-state index contributed by atoms with van der Waals surface area (Å²) < 4.78 is 20.2. The number of amides is 1. The molecular weight excluding hydrogens is 981 g/mol. The van der Waals surface area contributed by atoms with Crippen LogP contribution in [0.1, 0.15) is 80.1 Å². The van der Waals surface area contributed by atoms with E-state index < -0.39 is 0 Å². The first-order chi connectivity index (χ1) is 37.9. The van der Waals surface area contributed by atoms with E-state index in [0.717, 1.165) is 153 Å².